The number of hydrazine groups is 1. The number of carbonyl (C=O) groups is 1. The van der Waals surface area contributed by atoms with Crippen LogP contribution in [0.15, 0.2) is 41.4 Å². The third-order valence-electron chi connectivity index (χ3n) is 3.34. The summed E-state index contributed by atoms with van der Waals surface area (Å²) < 4.78 is 70.5. The van der Waals surface area contributed by atoms with Gasteiger partial charge in [-0.1, -0.05) is 12.1 Å². The summed E-state index contributed by atoms with van der Waals surface area (Å²) in [5.41, 5.74) is 3.16. The zero-order valence-electron chi connectivity index (χ0n) is 14.6. The monoisotopic (exact) mass is 419 g/mol. The first-order chi connectivity index (χ1) is 13.0. The predicted molar refractivity (Wildman–Crippen MR) is 91.6 cm³/mol. The number of hydrogen-bond acceptors (Lipinski definition) is 7. The molecule has 1 atom stereocenters. The number of nitrogens with zero attached hydrogens (tertiary/aromatic N) is 2. The van der Waals surface area contributed by atoms with Gasteiger partial charge < -0.3 is 4.74 Å². The molecular formula is C15H16F3N5O4S. The van der Waals surface area contributed by atoms with Crippen LogP contribution in [0, 0.1) is 0 Å². The highest BCUT2D eigenvalue weighted by Gasteiger charge is 2.37. The van der Waals surface area contributed by atoms with Crippen molar-refractivity contribution in [3.63, 3.8) is 0 Å². The van der Waals surface area contributed by atoms with Crippen molar-refractivity contribution in [2.45, 2.75) is 24.0 Å². The lowest BCUT2D eigenvalue weighted by Crippen LogP contribution is -2.46. The predicted octanol–water partition coefficient (Wildman–Crippen LogP) is 1.31. The molecule has 0 spiro atoms. The maximum absolute atomic E-state index is 13.0. The number of methoxy groups -OCH3 is 1. The number of ether oxygens (including phenoxy) is 1. The van der Waals surface area contributed by atoms with Crippen LogP contribution in [0.1, 0.15) is 12.5 Å². The summed E-state index contributed by atoms with van der Waals surface area (Å²) in [4.78, 5) is 18.7. The SMILES string of the molecule is COc1ccnc(NNC(=O)[C@H](C)NS(=O)(=O)c2ccccc2C(F)(F)F)n1. The zero-order valence-corrected chi connectivity index (χ0v) is 15.4. The van der Waals surface area contributed by atoms with Gasteiger partial charge in [0.2, 0.25) is 21.9 Å². The van der Waals surface area contributed by atoms with E-state index in [0.717, 1.165) is 25.1 Å². The molecule has 0 fully saturated rings. The Morgan fingerprint density at radius 3 is 2.54 bits per heavy atom. The minimum atomic E-state index is -4.87. The Morgan fingerprint density at radius 2 is 1.89 bits per heavy atom. The molecule has 1 aromatic heterocycles. The second-order valence-electron chi connectivity index (χ2n) is 5.37. The van der Waals surface area contributed by atoms with E-state index in [1.807, 2.05) is 4.72 Å². The van der Waals surface area contributed by atoms with Gasteiger partial charge in [-0.05, 0) is 19.1 Å². The highest BCUT2D eigenvalue weighted by atomic mass is 32.2. The van der Waals surface area contributed by atoms with Crippen molar-refractivity contribution >= 4 is 21.9 Å². The molecule has 2 aromatic rings. The highest BCUT2D eigenvalue weighted by molar-refractivity contribution is 7.89. The maximum atomic E-state index is 13.0. The summed E-state index contributed by atoms with van der Waals surface area (Å²) in [5.74, 6) is -0.700. The molecule has 28 heavy (non-hydrogen) atoms. The number of carbonyl (C=O) groups excluding carboxylic acids is 1. The van der Waals surface area contributed by atoms with E-state index in [0.29, 0.717) is 6.07 Å². The van der Waals surface area contributed by atoms with Crippen LogP contribution in [0.25, 0.3) is 0 Å². The highest BCUT2D eigenvalue weighted by Crippen LogP contribution is 2.33. The Kier molecular flexibility index (Phi) is 6.41. The van der Waals surface area contributed by atoms with Crippen molar-refractivity contribution in [1.29, 1.82) is 0 Å². The Bertz CT molecular complexity index is 953. The largest absolute Gasteiger partial charge is 0.481 e. The fourth-order valence-electron chi connectivity index (χ4n) is 2.03. The molecule has 0 saturated carbocycles. The quantitative estimate of drug-likeness (QED) is 0.579. The van der Waals surface area contributed by atoms with Gasteiger partial charge in [0.25, 0.3) is 5.91 Å². The Hall–Kier alpha value is -2.93. The van der Waals surface area contributed by atoms with Crippen LogP contribution in [0.2, 0.25) is 0 Å². The van der Waals surface area contributed by atoms with E-state index >= 15 is 0 Å². The number of rotatable bonds is 7. The number of aromatic nitrogens is 2. The molecule has 9 nitrogen and oxygen atoms in total. The van der Waals surface area contributed by atoms with Crippen LogP contribution in [0.4, 0.5) is 19.1 Å². The molecular weight excluding hydrogens is 403 g/mol. The van der Waals surface area contributed by atoms with E-state index in [1.54, 1.807) is 0 Å². The summed E-state index contributed by atoms with van der Waals surface area (Å²) in [6.07, 6.45) is -3.53. The lowest BCUT2D eigenvalue weighted by molar-refractivity contribution is -0.139. The molecule has 0 saturated heterocycles. The molecule has 0 bridgehead atoms. The molecule has 0 radical (unpaired) electrons. The summed E-state index contributed by atoms with van der Waals surface area (Å²) in [6.45, 7) is 1.16. The Morgan fingerprint density at radius 1 is 1.21 bits per heavy atom. The summed E-state index contributed by atoms with van der Waals surface area (Å²) in [7, 11) is -3.25. The molecule has 13 heteroatoms. The van der Waals surface area contributed by atoms with Crippen molar-refractivity contribution in [3.05, 3.63) is 42.1 Å². The number of anilines is 1. The molecule has 0 aliphatic heterocycles. The van der Waals surface area contributed by atoms with Gasteiger partial charge in [0, 0.05) is 12.3 Å². The number of alkyl halides is 3. The van der Waals surface area contributed by atoms with Crippen molar-refractivity contribution in [1.82, 2.24) is 20.1 Å². The Balaban J connectivity index is 2.09. The molecule has 152 valence electrons. The second-order valence-corrected chi connectivity index (χ2v) is 7.06. The smallest absolute Gasteiger partial charge is 0.417 e. The molecule has 1 heterocycles. The summed E-state index contributed by atoms with van der Waals surface area (Å²) in [6, 6.07) is 3.72. The van der Waals surface area contributed by atoms with Crippen LogP contribution in [0.5, 0.6) is 5.88 Å². The van der Waals surface area contributed by atoms with Gasteiger partial charge in [0.1, 0.15) is 0 Å². The van der Waals surface area contributed by atoms with E-state index in [-0.39, 0.29) is 11.8 Å². The van der Waals surface area contributed by atoms with Crippen LogP contribution >= 0.6 is 0 Å². The van der Waals surface area contributed by atoms with E-state index in [9.17, 15) is 26.4 Å². The van der Waals surface area contributed by atoms with E-state index in [2.05, 4.69) is 20.8 Å². The number of halogens is 3. The Labute approximate surface area is 158 Å². The van der Waals surface area contributed by atoms with E-state index < -0.39 is 38.6 Å². The third kappa shape index (κ3) is 5.29. The van der Waals surface area contributed by atoms with Crippen molar-refractivity contribution in [2.75, 3.05) is 12.5 Å². The summed E-state index contributed by atoms with van der Waals surface area (Å²) in [5, 5.41) is 0. The van der Waals surface area contributed by atoms with E-state index in [4.69, 9.17) is 4.74 Å². The molecule has 0 unspecified atom stereocenters. The lowest BCUT2D eigenvalue weighted by Gasteiger charge is -2.17. The van der Waals surface area contributed by atoms with Gasteiger partial charge in [-0.2, -0.15) is 22.9 Å². The van der Waals surface area contributed by atoms with Crippen molar-refractivity contribution in [3.8, 4) is 5.88 Å². The normalized spacial score (nSPS) is 12.9. The number of hydrogen-bond donors (Lipinski definition) is 3. The molecule has 0 aliphatic rings. The average Bonchev–Trinajstić information content (AvgIpc) is 2.65. The van der Waals surface area contributed by atoms with Crippen LogP contribution in [0.3, 0.4) is 0 Å². The molecule has 3 N–H and O–H groups in total. The van der Waals surface area contributed by atoms with Gasteiger partial charge in [0.05, 0.1) is 23.6 Å². The lowest BCUT2D eigenvalue weighted by atomic mass is 10.2. The van der Waals surface area contributed by atoms with Gasteiger partial charge in [-0.25, -0.2) is 13.4 Å². The minimum Gasteiger partial charge on any atom is -0.481 e. The molecule has 2 rings (SSSR count). The summed E-state index contributed by atoms with van der Waals surface area (Å²) >= 11 is 0. The standard InChI is InChI=1S/C15H16F3N5O4S/c1-9(13(24)21-22-14-19-8-7-12(20-14)27-2)23-28(25,26)11-6-4-3-5-10(11)15(16,17)18/h3-9,23H,1-2H3,(H,21,24)(H,19,20,22)/t9-/m0/s1. The van der Waals surface area contributed by atoms with Crippen LogP contribution in [-0.4, -0.2) is 37.4 Å². The topological polar surface area (TPSA) is 122 Å². The van der Waals surface area contributed by atoms with Gasteiger partial charge in [0.15, 0.2) is 0 Å². The van der Waals surface area contributed by atoms with Gasteiger partial charge in [-0.3, -0.25) is 15.6 Å². The van der Waals surface area contributed by atoms with Crippen molar-refractivity contribution in [2.24, 2.45) is 0 Å². The fourth-order valence-corrected chi connectivity index (χ4v) is 3.46. The first-order valence-electron chi connectivity index (χ1n) is 7.66. The van der Waals surface area contributed by atoms with Gasteiger partial charge in [-0.15, -0.1) is 0 Å². The second kappa shape index (κ2) is 8.39. The number of nitrogens with one attached hydrogen (secondary N) is 3. The molecule has 1 aromatic carbocycles. The molecule has 0 aliphatic carbocycles. The zero-order chi connectivity index (χ0) is 20.9. The first kappa shape index (κ1) is 21.4. The first-order valence-corrected chi connectivity index (χ1v) is 9.14. The minimum absolute atomic E-state index is 0.0369. The number of sulfonamides is 1. The van der Waals surface area contributed by atoms with E-state index in [1.165, 1.54) is 19.4 Å². The third-order valence-corrected chi connectivity index (χ3v) is 4.94. The number of amides is 1. The van der Waals surface area contributed by atoms with Crippen LogP contribution in [-0.2, 0) is 21.0 Å². The van der Waals surface area contributed by atoms with Gasteiger partial charge >= 0.3 is 6.18 Å². The van der Waals surface area contributed by atoms with Crippen LogP contribution < -0.4 is 20.3 Å². The maximum Gasteiger partial charge on any atom is 0.417 e. The average molecular weight is 419 g/mol. The fraction of sp³-hybridized carbons (Fsp3) is 0.267. The molecule has 1 amide bonds. The van der Waals surface area contributed by atoms with Crippen molar-refractivity contribution < 1.29 is 31.1 Å². The number of benzene rings is 1.